The van der Waals surface area contributed by atoms with Crippen molar-refractivity contribution in [2.45, 2.75) is 26.1 Å². The molecule has 118 valence electrons. The average molecular weight is 305 g/mol. The molecular formula is C13H18F3N3O2. The second-order valence-electron chi connectivity index (χ2n) is 4.71. The molecule has 21 heavy (non-hydrogen) atoms. The third-order valence-corrected chi connectivity index (χ3v) is 2.86. The van der Waals surface area contributed by atoms with E-state index < -0.39 is 17.8 Å². The van der Waals surface area contributed by atoms with Crippen molar-refractivity contribution in [3.8, 4) is 0 Å². The lowest BCUT2D eigenvalue weighted by molar-refractivity contribution is -0.141. The fraction of sp³-hybridized carbons (Fsp3) is 0.538. The molecule has 0 aromatic carbocycles. The van der Waals surface area contributed by atoms with Gasteiger partial charge in [0.1, 0.15) is 11.5 Å². The Bertz CT molecular complexity index is 504. The number of primary amides is 1. The van der Waals surface area contributed by atoms with E-state index in [1.807, 2.05) is 0 Å². The smallest absolute Gasteiger partial charge is 0.383 e. The summed E-state index contributed by atoms with van der Waals surface area (Å²) < 4.78 is 43.3. The minimum atomic E-state index is -4.59. The van der Waals surface area contributed by atoms with Gasteiger partial charge in [0.2, 0.25) is 0 Å². The van der Waals surface area contributed by atoms with Crippen LogP contribution in [-0.4, -0.2) is 37.2 Å². The molecule has 0 aliphatic rings. The predicted molar refractivity (Wildman–Crippen MR) is 72.1 cm³/mol. The van der Waals surface area contributed by atoms with Crippen LogP contribution in [0.3, 0.4) is 0 Å². The van der Waals surface area contributed by atoms with Crippen LogP contribution in [0.2, 0.25) is 0 Å². The molecule has 5 nitrogen and oxygen atoms in total. The number of aromatic nitrogens is 1. The number of nitrogens with two attached hydrogens (primary N) is 1. The van der Waals surface area contributed by atoms with Gasteiger partial charge in [-0.2, -0.15) is 13.2 Å². The van der Waals surface area contributed by atoms with Crippen LogP contribution >= 0.6 is 0 Å². The van der Waals surface area contributed by atoms with Gasteiger partial charge in [-0.15, -0.1) is 0 Å². The number of hydrogen-bond acceptors (Lipinski definition) is 4. The van der Waals surface area contributed by atoms with Crippen molar-refractivity contribution >= 4 is 11.7 Å². The average Bonchev–Trinajstić information content (AvgIpc) is 2.37. The molecule has 1 aromatic heterocycles. The molecule has 0 aliphatic carbocycles. The number of halogens is 3. The molecule has 0 saturated heterocycles. The Morgan fingerprint density at radius 1 is 1.43 bits per heavy atom. The van der Waals surface area contributed by atoms with Crippen LogP contribution < -0.4 is 10.6 Å². The zero-order chi connectivity index (χ0) is 16.2. The number of pyridine rings is 1. The summed E-state index contributed by atoms with van der Waals surface area (Å²) in [6.45, 7) is 4.14. The lowest BCUT2D eigenvalue weighted by Gasteiger charge is -2.29. The fourth-order valence-electron chi connectivity index (χ4n) is 1.82. The zero-order valence-corrected chi connectivity index (χ0v) is 12.1. The van der Waals surface area contributed by atoms with Crippen molar-refractivity contribution in [1.82, 2.24) is 4.98 Å². The Kier molecular flexibility index (Phi) is 5.54. The Morgan fingerprint density at radius 2 is 2.05 bits per heavy atom. The quantitative estimate of drug-likeness (QED) is 0.873. The van der Waals surface area contributed by atoms with Crippen LogP contribution in [0, 0.1) is 0 Å². The highest BCUT2D eigenvalue weighted by Gasteiger charge is 2.34. The van der Waals surface area contributed by atoms with Crippen molar-refractivity contribution in [1.29, 1.82) is 0 Å². The summed E-state index contributed by atoms with van der Waals surface area (Å²) in [5, 5.41) is 0. The van der Waals surface area contributed by atoms with E-state index in [9.17, 15) is 18.0 Å². The molecule has 1 aromatic rings. The maximum Gasteiger partial charge on any atom is 0.433 e. The predicted octanol–water partition coefficient (Wildman–Crippen LogP) is 2.06. The molecule has 0 unspecified atom stereocenters. The molecular weight excluding hydrogens is 287 g/mol. The number of amides is 1. The number of alkyl halides is 3. The minimum Gasteiger partial charge on any atom is -0.383 e. The Hall–Kier alpha value is -1.83. The van der Waals surface area contributed by atoms with E-state index >= 15 is 0 Å². The number of rotatable bonds is 6. The van der Waals surface area contributed by atoms with Gasteiger partial charge in [0.15, 0.2) is 0 Å². The number of nitrogens with zero attached hydrogens (tertiary/aromatic N) is 2. The van der Waals surface area contributed by atoms with Gasteiger partial charge in [-0.25, -0.2) is 4.98 Å². The third-order valence-electron chi connectivity index (χ3n) is 2.86. The van der Waals surface area contributed by atoms with Crippen molar-refractivity contribution in [3.63, 3.8) is 0 Å². The van der Waals surface area contributed by atoms with Crippen LogP contribution in [0.15, 0.2) is 12.1 Å². The second kappa shape index (κ2) is 6.75. The van der Waals surface area contributed by atoms with Gasteiger partial charge in [-0.1, -0.05) is 0 Å². The molecule has 0 aliphatic heterocycles. The molecule has 8 heteroatoms. The lowest BCUT2D eigenvalue weighted by Crippen LogP contribution is -2.36. The van der Waals surface area contributed by atoms with E-state index in [0.29, 0.717) is 6.54 Å². The maximum atomic E-state index is 12.8. The maximum absolute atomic E-state index is 12.8. The van der Waals surface area contributed by atoms with E-state index in [0.717, 1.165) is 12.1 Å². The van der Waals surface area contributed by atoms with Crippen LogP contribution in [0.25, 0.3) is 0 Å². The van der Waals surface area contributed by atoms with Gasteiger partial charge in [0.25, 0.3) is 5.91 Å². The molecule has 0 bridgehead atoms. The first-order chi connectivity index (χ1) is 9.68. The molecule has 1 rings (SSSR count). The number of ether oxygens (including phenoxy) is 1. The van der Waals surface area contributed by atoms with Crippen LogP contribution in [-0.2, 0) is 10.9 Å². The molecule has 0 radical (unpaired) electrons. The van der Waals surface area contributed by atoms with Gasteiger partial charge in [-0.05, 0) is 26.0 Å². The Labute approximate surface area is 120 Å². The number of anilines is 1. The van der Waals surface area contributed by atoms with Gasteiger partial charge >= 0.3 is 6.18 Å². The molecule has 0 saturated carbocycles. The Balaban J connectivity index is 3.35. The SMILES string of the molecule is COCCN(c1nc(C(F)(F)F)ccc1C(N)=O)C(C)C. The third kappa shape index (κ3) is 4.32. The van der Waals surface area contributed by atoms with Crippen LogP contribution in [0.1, 0.15) is 29.9 Å². The van der Waals surface area contributed by atoms with E-state index in [4.69, 9.17) is 10.5 Å². The summed E-state index contributed by atoms with van der Waals surface area (Å²) in [6.07, 6.45) is -4.59. The molecule has 2 N–H and O–H groups in total. The van der Waals surface area contributed by atoms with Crippen LogP contribution in [0.4, 0.5) is 19.0 Å². The van der Waals surface area contributed by atoms with Gasteiger partial charge < -0.3 is 15.4 Å². The normalized spacial score (nSPS) is 11.8. The van der Waals surface area contributed by atoms with E-state index in [1.54, 1.807) is 18.7 Å². The zero-order valence-electron chi connectivity index (χ0n) is 12.1. The molecule has 0 atom stereocenters. The highest BCUT2D eigenvalue weighted by Crippen LogP contribution is 2.31. The summed E-state index contributed by atoms with van der Waals surface area (Å²) in [6, 6.07) is 1.63. The summed E-state index contributed by atoms with van der Waals surface area (Å²) in [5.41, 5.74) is 4.11. The topological polar surface area (TPSA) is 68.4 Å². The fourth-order valence-corrected chi connectivity index (χ4v) is 1.82. The van der Waals surface area contributed by atoms with Gasteiger partial charge in [-0.3, -0.25) is 4.79 Å². The summed E-state index contributed by atoms with van der Waals surface area (Å²) in [4.78, 5) is 16.6. The van der Waals surface area contributed by atoms with Crippen molar-refractivity contribution < 1.29 is 22.7 Å². The molecule has 1 amide bonds. The van der Waals surface area contributed by atoms with Gasteiger partial charge in [0.05, 0.1) is 12.2 Å². The minimum absolute atomic E-state index is 0.0483. The standard InChI is InChI=1S/C13H18F3N3O2/c1-8(2)19(6-7-21-3)12-9(11(17)20)4-5-10(18-12)13(14,15)16/h4-5,8H,6-7H2,1-3H3,(H2,17,20). The summed E-state index contributed by atoms with van der Waals surface area (Å²) in [7, 11) is 1.48. The monoisotopic (exact) mass is 305 g/mol. The summed E-state index contributed by atoms with van der Waals surface area (Å²) >= 11 is 0. The molecule has 0 spiro atoms. The highest BCUT2D eigenvalue weighted by atomic mass is 19.4. The first-order valence-corrected chi connectivity index (χ1v) is 6.32. The van der Waals surface area contributed by atoms with Crippen molar-refractivity contribution in [2.75, 3.05) is 25.2 Å². The lowest BCUT2D eigenvalue weighted by atomic mass is 10.1. The highest BCUT2D eigenvalue weighted by molar-refractivity contribution is 5.97. The number of methoxy groups -OCH3 is 1. The molecule has 1 heterocycles. The van der Waals surface area contributed by atoms with Gasteiger partial charge in [0, 0.05) is 19.7 Å². The van der Waals surface area contributed by atoms with E-state index in [-0.39, 0.29) is 24.0 Å². The van der Waals surface area contributed by atoms with Crippen molar-refractivity contribution in [2.24, 2.45) is 5.73 Å². The number of hydrogen-bond donors (Lipinski definition) is 1. The van der Waals surface area contributed by atoms with E-state index in [2.05, 4.69) is 4.98 Å². The number of carbonyl (C=O) groups is 1. The first kappa shape index (κ1) is 17.2. The summed E-state index contributed by atoms with van der Waals surface area (Å²) in [5.74, 6) is -0.904. The largest absolute Gasteiger partial charge is 0.433 e. The van der Waals surface area contributed by atoms with E-state index in [1.165, 1.54) is 7.11 Å². The number of carbonyl (C=O) groups excluding carboxylic acids is 1. The molecule has 0 fully saturated rings. The van der Waals surface area contributed by atoms with Crippen LogP contribution in [0.5, 0.6) is 0 Å². The Morgan fingerprint density at radius 3 is 2.48 bits per heavy atom. The van der Waals surface area contributed by atoms with Crippen molar-refractivity contribution in [3.05, 3.63) is 23.4 Å². The second-order valence-corrected chi connectivity index (χ2v) is 4.71. The first-order valence-electron chi connectivity index (χ1n) is 6.32.